The van der Waals surface area contributed by atoms with E-state index in [1.54, 1.807) is 0 Å². The monoisotopic (exact) mass is 434 g/mol. The topological polar surface area (TPSA) is 77.8 Å². The van der Waals surface area contributed by atoms with Gasteiger partial charge in [-0.3, -0.25) is 4.79 Å². The summed E-state index contributed by atoms with van der Waals surface area (Å²) in [5.74, 6) is 2.92. The van der Waals surface area contributed by atoms with E-state index in [-0.39, 0.29) is 47.8 Å². The van der Waals surface area contributed by atoms with E-state index < -0.39 is 0 Å². The Balaban J connectivity index is 1.51. The van der Waals surface area contributed by atoms with E-state index >= 15 is 0 Å². The van der Waals surface area contributed by atoms with Crippen LogP contribution in [0.25, 0.3) is 0 Å². The Morgan fingerprint density at radius 1 is 0.968 bits per heavy atom. The number of hydrogen-bond donors (Lipinski definition) is 3. The highest BCUT2D eigenvalue weighted by atomic mass is 16.3. The summed E-state index contributed by atoms with van der Waals surface area (Å²) < 4.78 is 0. The quantitative estimate of drug-likeness (QED) is 0.571. The molecule has 0 saturated heterocycles. The summed E-state index contributed by atoms with van der Waals surface area (Å²) in [7, 11) is 0. The lowest BCUT2D eigenvalue weighted by Gasteiger charge is -2.61. The van der Waals surface area contributed by atoms with E-state index in [1.165, 1.54) is 19.3 Å². The minimum atomic E-state index is -0.373. The standard InChI is InChI=1S/C27H46O4/c1-16(15-28)5-8-23(30)17(2)25-24(31)14-22-20-7-6-18-13-19(29)9-11-26(18,3)21(20)10-12-27(22,25)4/h16-22,24-25,28-29,31H,5-15H2,1-4H3. The third kappa shape index (κ3) is 3.93. The van der Waals surface area contributed by atoms with Gasteiger partial charge in [0.1, 0.15) is 5.78 Å². The molecular weight excluding hydrogens is 388 g/mol. The van der Waals surface area contributed by atoms with Crippen LogP contribution in [0, 0.1) is 52.3 Å². The summed E-state index contributed by atoms with van der Waals surface area (Å²) in [5.41, 5.74) is 0.393. The molecule has 4 aliphatic rings. The molecule has 3 N–H and O–H groups in total. The van der Waals surface area contributed by atoms with Gasteiger partial charge in [-0.15, -0.1) is 0 Å². The summed E-state index contributed by atoms with van der Waals surface area (Å²) in [6.07, 6.45) is 9.48. The summed E-state index contributed by atoms with van der Waals surface area (Å²) in [6, 6.07) is 0. The molecule has 4 saturated carbocycles. The van der Waals surface area contributed by atoms with Crippen LogP contribution in [0.1, 0.15) is 91.9 Å². The Morgan fingerprint density at radius 3 is 2.39 bits per heavy atom. The molecule has 4 fully saturated rings. The molecule has 0 bridgehead atoms. The Bertz CT molecular complexity index is 664. The Kier molecular flexibility index (Phi) is 6.67. The van der Waals surface area contributed by atoms with Crippen molar-refractivity contribution in [2.24, 2.45) is 52.3 Å². The number of fused-ring (bicyclic) bond motifs is 5. The van der Waals surface area contributed by atoms with Crippen LogP contribution in [0.5, 0.6) is 0 Å². The molecule has 4 rings (SSSR count). The normalized spacial score (nSPS) is 48.9. The predicted octanol–water partition coefficient (Wildman–Crippen LogP) is 4.59. The Morgan fingerprint density at radius 2 is 1.68 bits per heavy atom. The van der Waals surface area contributed by atoms with Crippen molar-refractivity contribution in [3.63, 3.8) is 0 Å². The van der Waals surface area contributed by atoms with Crippen LogP contribution in [-0.4, -0.2) is 39.9 Å². The van der Waals surface area contributed by atoms with E-state index in [9.17, 15) is 20.1 Å². The van der Waals surface area contributed by atoms with Crippen LogP contribution in [0.15, 0.2) is 0 Å². The highest BCUT2D eigenvalue weighted by Gasteiger charge is 2.63. The van der Waals surface area contributed by atoms with Gasteiger partial charge < -0.3 is 15.3 Å². The van der Waals surface area contributed by atoms with Gasteiger partial charge in [-0.1, -0.05) is 27.7 Å². The first-order valence-corrected chi connectivity index (χ1v) is 13.1. The van der Waals surface area contributed by atoms with Crippen LogP contribution in [-0.2, 0) is 4.79 Å². The molecule has 0 amide bonds. The van der Waals surface area contributed by atoms with E-state index in [0.717, 1.165) is 38.5 Å². The van der Waals surface area contributed by atoms with Crippen LogP contribution < -0.4 is 0 Å². The summed E-state index contributed by atoms with van der Waals surface area (Å²) in [4.78, 5) is 13.0. The zero-order valence-corrected chi connectivity index (χ0v) is 20.2. The fraction of sp³-hybridized carbons (Fsp3) is 0.963. The summed E-state index contributed by atoms with van der Waals surface area (Å²) >= 11 is 0. The smallest absolute Gasteiger partial charge is 0.136 e. The van der Waals surface area contributed by atoms with Crippen molar-refractivity contribution in [3.05, 3.63) is 0 Å². The molecule has 0 aromatic rings. The highest BCUT2D eigenvalue weighted by Crippen LogP contribution is 2.68. The van der Waals surface area contributed by atoms with E-state index in [4.69, 9.17) is 0 Å². The second-order valence-electron chi connectivity index (χ2n) is 12.5. The van der Waals surface area contributed by atoms with Gasteiger partial charge in [0.15, 0.2) is 0 Å². The number of Topliss-reactive ketones (excluding diaryl/α,β-unsaturated/α-hetero) is 1. The average Bonchev–Trinajstić information content (AvgIpc) is 3.01. The molecule has 11 atom stereocenters. The van der Waals surface area contributed by atoms with Gasteiger partial charge in [-0.25, -0.2) is 0 Å². The minimum Gasteiger partial charge on any atom is -0.396 e. The molecule has 0 heterocycles. The molecular formula is C27H46O4. The van der Waals surface area contributed by atoms with Crippen molar-refractivity contribution in [3.8, 4) is 0 Å². The maximum atomic E-state index is 13.0. The lowest BCUT2D eigenvalue weighted by Crippen LogP contribution is -2.54. The average molecular weight is 435 g/mol. The second-order valence-corrected chi connectivity index (χ2v) is 12.5. The number of aliphatic hydroxyl groups excluding tert-OH is 3. The Labute approximate surface area is 189 Å². The van der Waals surface area contributed by atoms with Crippen molar-refractivity contribution in [1.29, 1.82) is 0 Å². The van der Waals surface area contributed by atoms with Gasteiger partial charge in [-0.2, -0.15) is 0 Å². The molecule has 0 aromatic carbocycles. The summed E-state index contributed by atoms with van der Waals surface area (Å²) in [5, 5.41) is 30.8. The molecule has 4 heteroatoms. The Hall–Kier alpha value is -0.450. The van der Waals surface area contributed by atoms with Crippen LogP contribution in [0.2, 0.25) is 0 Å². The fourth-order valence-electron chi connectivity index (χ4n) is 9.10. The summed E-state index contributed by atoms with van der Waals surface area (Å²) in [6.45, 7) is 9.06. The molecule has 0 aromatic heterocycles. The fourth-order valence-corrected chi connectivity index (χ4v) is 9.10. The first-order valence-electron chi connectivity index (χ1n) is 13.1. The lowest BCUT2D eigenvalue weighted by atomic mass is 9.44. The third-order valence-corrected chi connectivity index (χ3v) is 11.0. The van der Waals surface area contributed by atoms with Gasteiger partial charge in [-0.05, 0) is 104 Å². The van der Waals surface area contributed by atoms with Crippen molar-refractivity contribution < 1.29 is 20.1 Å². The van der Waals surface area contributed by atoms with E-state index in [1.807, 2.05) is 6.92 Å². The molecule has 11 unspecified atom stereocenters. The zero-order chi connectivity index (χ0) is 22.6. The first kappa shape index (κ1) is 23.7. The van der Waals surface area contributed by atoms with E-state index in [0.29, 0.717) is 35.5 Å². The van der Waals surface area contributed by atoms with Crippen molar-refractivity contribution in [2.75, 3.05) is 6.61 Å². The number of rotatable bonds is 6. The molecule has 4 aliphatic carbocycles. The number of carbonyl (C=O) groups is 1. The molecule has 4 nitrogen and oxygen atoms in total. The number of carbonyl (C=O) groups excluding carboxylic acids is 1. The number of ketones is 1. The zero-order valence-electron chi connectivity index (χ0n) is 20.2. The van der Waals surface area contributed by atoms with Crippen LogP contribution >= 0.6 is 0 Å². The highest BCUT2D eigenvalue weighted by molar-refractivity contribution is 5.81. The lowest BCUT2D eigenvalue weighted by molar-refractivity contribution is -0.138. The first-order chi connectivity index (χ1) is 14.6. The number of aliphatic hydroxyl groups is 3. The van der Waals surface area contributed by atoms with Gasteiger partial charge in [0, 0.05) is 18.9 Å². The van der Waals surface area contributed by atoms with Crippen molar-refractivity contribution >= 4 is 5.78 Å². The number of hydrogen-bond acceptors (Lipinski definition) is 4. The minimum absolute atomic E-state index is 0.0512. The van der Waals surface area contributed by atoms with Gasteiger partial charge >= 0.3 is 0 Å². The van der Waals surface area contributed by atoms with Gasteiger partial charge in [0.05, 0.1) is 12.2 Å². The van der Waals surface area contributed by atoms with Crippen LogP contribution in [0.4, 0.5) is 0 Å². The molecule has 178 valence electrons. The SMILES string of the molecule is CC(CO)CCC(=O)C(C)C1C(O)CC2C3CCC4CC(O)CCC4(C)C3CCC21C. The van der Waals surface area contributed by atoms with E-state index in [2.05, 4.69) is 20.8 Å². The molecule has 0 radical (unpaired) electrons. The maximum absolute atomic E-state index is 13.0. The molecule has 0 spiro atoms. The van der Waals surface area contributed by atoms with Gasteiger partial charge in [0.2, 0.25) is 0 Å². The third-order valence-electron chi connectivity index (χ3n) is 11.0. The second kappa shape index (κ2) is 8.72. The molecule has 31 heavy (non-hydrogen) atoms. The van der Waals surface area contributed by atoms with Crippen molar-refractivity contribution in [2.45, 2.75) is 104 Å². The van der Waals surface area contributed by atoms with Crippen molar-refractivity contribution in [1.82, 2.24) is 0 Å². The molecule has 0 aliphatic heterocycles. The predicted molar refractivity (Wildman–Crippen MR) is 122 cm³/mol. The largest absolute Gasteiger partial charge is 0.396 e. The van der Waals surface area contributed by atoms with Crippen LogP contribution in [0.3, 0.4) is 0 Å². The maximum Gasteiger partial charge on any atom is 0.136 e. The van der Waals surface area contributed by atoms with Gasteiger partial charge in [0.25, 0.3) is 0 Å².